The fraction of sp³-hybridized carbons (Fsp3) is 0.885. The molecule has 1 atom stereocenters. The molecular weight excluding hydrogens is 468 g/mol. The number of nitrogens with two attached hydrogens (primary N) is 1. The van der Waals surface area contributed by atoms with Crippen molar-refractivity contribution in [3.8, 4) is 0 Å². The Labute approximate surface area is 219 Å². The largest absolute Gasteiger partial charge is 0.481 e. The number of nitrogens with one attached hydrogen (secondary N) is 1. The summed E-state index contributed by atoms with van der Waals surface area (Å²) in [5.41, 5.74) is 5.76. The highest BCUT2D eigenvalue weighted by atomic mass is 17.5. The van der Waals surface area contributed by atoms with E-state index in [4.69, 9.17) is 15.9 Å². The van der Waals surface area contributed by atoms with E-state index in [1.54, 1.807) is 13.8 Å². The summed E-state index contributed by atoms with van der Waals surface area (Å²) in [5.74, 6) is -1.38. The number of amides is 1. The third-order valence-electron chi connectivity index (χ3n) is 4.39. The number of hydrogen-bond acceptors (Lipinski definition) is 7. The van der Waals surface area contributed by atoms with Gasteiger partial charge in [0, 0.05) is 19.3 Å². The second kappa shape index (κ2) is 37.8. The number of rotatable bonds is 19. The molecule has 0 spiro atoms. The Morgan fingerprint density at radius 1 is 0.694 bits per heavy atom. The SMILES string of the molecule is CCC(=O)O.CCC(=O)O.CCCCCCCCCCCC(=O)NC(N)CCC.CCOOOCC. The zero-order chi connectivity index (χ0) is 28.5. The van der Waals surface area contributed by atoms with E-state index in [2.05, 4.69) is 34.0 Å². The summed E-state index contributed by atoms with van der Waals surface area (Å²) in [7, 11) is 0. The van der Waals surface area contributed by atoms with Crippen molar-refractivity contribution >= 4 is 17.8 Å². The topological polar surface area (TPSA) is 157 Å². The molecule has 0 aliphatic rings. The lowest BCUT2D eigenvalue weighted by Crippen LogP contribution is -2.41. The second-order valence-corrected chi connectivity index (χ2v) is 7.92. The van der Waals surface area contributed by atoms with Crippen molar-refractivity contribution in [2.45, 2.75) is 138 Å². The smallest absolute Gasteiger partial charge is 0.303 e. The average Bonchev–Trinajstić information content (AvgIpc) is 2.84. The fourth-order valence-electron chi connectivity index (χ4n) is 2.39. The summed E-state index contributed by atoms with van der Waals surface area (Å²) in [6, 6.07) is 0. The Kier molecular flexibility index (Phi) is 43.4. The first-order valence-corrected chi connectivity index (χ1v) is 13.6. The first kappa shape index (κ1) is 41.4. The van der Waals surface area contributed by atoms with Gasteiger partial charge >= 0.3 is 11.9 Å². The van der Waals surface area contributed by atoms with Crippen LogP contribution < -0.4 is 11.1 Å². The first-order chi connectivity index (χ1) is 17.2. The van der Waals surface area contributed by atoms with Gasteiger partial charge in [-0.15, -0.1) is 0 Å². The van der Waals surface area contributed by atoms with E-state index in [0.717, 1.165) is 19.3 Å². The summed E-state index contributed by atoms with van der Waals surface area (Å²) in [4.78, 5) is 39.0. The van der Waals surface area contributed by atoms with E-state index in [-0.39, 0.29) is 24.9 Å². The molecule has 0 aromatic rings. The molecule has 0 saturated carbocycles. The van der Waals surface area contributed by atoms with E-state index in [1.165, 1.54) is 51.4 Å². The molecule has 0 rings (SSSR count). The molecule has 0 aliphatic heterocycles. The highest BCUT2D eigenvalue weighted by molar-refractivity contribution is 5.76. The lowest BCUT2D eigenvalue weighted by Gasteiger charge is -2.12. The molecule has 1 unspecified atom stereocenters. The normalized spacial score (nSPS) is 10.4. The highest BCUT2D eigenvalue weighted by Gasteiger charge is 2.05. The predicted octanol–water partition coefficient (Wildman–Crippen LogP) is 5.98. The Bertz CT molecular complexity index is 447. The van der Waals surface area contributed by atoms with Gasteiger partial charge in [0.25, 0.3) is 0 Å². The molecule has 5 N–H and O–H groups in total. The van der Waals surface area contributed by atoms with Gasteiger partial charge in [0.2, 0.25) is 5.91 Å². The molecule has 0 radical (unpaired) electrons. The molecule has 218 valence electrons. The van der Waals surface area contributed by atoms with Gasteiger partial charge < -0.3 is 21.3 Å². The van der Waals surface area contributed by atoms with Crippen LogP contribution in [-0.2, 0) is 29.2 Å². The lowest BCUT2D eigenvalue weighted by molar-refractivity contribution is -0.509. The molecule has 36 heavy (non-hydrogen) atoms. The summed E-state index contributed by atoms with van der Waals surface area (Å²) in [6.45, 7) is 12.2. The van der Waals surface area contributed by atoms with Crippen LogP contribution in [0.2, 0.25) is 0 Å². The van der Waals surface area contributed by atoms with E-state index >= 15 is 0 Å². The van der Waals surface area contributed by atoms with Gasteiger partial charge in [-0.1, -0.05) is 90.5 Å². The monoisotopic (exact) mass is 524 g/mol. The summed E-state index contributed by atoms with van der Waals surface area (Å²) in [6.07, 6.45) is 14.4. The first-order valence-electron chi connectivity index (χ1n) is 13.6. The fourth-order valence-corrected chi connectivity index (χ4v) is 2.39. The lowest BCUT2D eigenvalue weighted by atomic mass is 10.1. The van der Waals surface area contributed by atoms with Crippen LogP contribution in [-0.4, -0.2) is 47.4 Å². The Hall–Kier alpha value is -1.75. The summed E-state index contributed by atoms with van der Waals surface area (Å²) < 4.78 is 0. The molecule has 0 saturated heterocycles. The molecule has 1 amide bonds. The summed E-state index contributed by atoms with van der Waals surface area (Å²) >= 11 is 0. The van der Waals surface area contributed by atoms with E-state index in [1.807, 2.05) is 13.8 Å². The van der Waals surface area contributed by atoms with Crippen LogP contribution in [0.25, 0.3) is 0 Å². The Morgan fingerprint density at radius 3 is 1.42 bits per heavy atom. The van der Waals surface area contributed by atoms with Crippen molar-refractivity contribution in [3.63, 3.8) is 0 Å². The van der Waals surface area contributed by atoms with Crippen molar-refractivity contribution in [1.82, 2.24) is 5.32 Å². The van der Waals surface area contributed by atoms with E-state index < -0.39 is 11.9 Å². The van der Waals surface area contributed by atoms with Crippen molar-refractivity contribution in [3.05, 3.63) is 0 Å². The van der Waals surface area contributed by atoms with Gasteiger partial charge in [-0.2, -0.15) is 0 Å². The van der Waals surface area contributed by atoms with Crippen LogP contribution in [0, 0.1) is 0 Å². The van der Waals surface area contributed by atoms with Gasteiger partial charge in [-0.05, 0) is 26.7 Å². The summed E-state index contributed by atoms with van der Waals surface area (Å²) in [5, 5.41) is 22.4. The van der Waals surface area contributed by atoms with Crippen LogP contribution in [0.1, 0.15) is 131 Å². The number of unbranched alkanes of at least 4 members (excludes halogenated alkanes) is 8. The average molecular weight is 525 g/mol. The zero-order valence-corrected chi connectivity index (χ0v) is 23.8. The molecule has 0 bridgehead atoms. The molecule has 0 heterocycles. The van der Waals surface area contributed by atoms with Crippen LogP contribution in [0.4, 0.5) is 0 Å². The van der Waals surface area contributed by atoms with Gasteiger partial charge in [0.1, 0.15) is 0 Å². The molecule has 0 aromatic heterocycles. The quantitative estimate of drug-likeness (QED) is 0.0690. The number of carbonyl (C=O) groups excluding carboxylic acids is 1. The van der Waals surface area contributed by atoms with E-state index in [0.29, 0.717) is 19.6 Å². The van der Waals surface area contributed by atoms with Gasteiger partial charge in [0.05, 0.1) is 19.4 Å². The van der Waals surface area contributed by atoms with Crippen LogP contribution >= 0.6 is 0 Å². The number of carboxylic acid groups (broad SMARTS) is 2. The third-order valence-corrected chi connectivity index (χ3v) is 4.39. The highest BCUT2D eigenvalue weighted by Crippen LogP contribution is 2.10. The number of aliphatic carboxylic acids is 2. The minimum absolute atomic E-state index is 0.115. The van der Waals surface area contributed by atoms with Crippen LogP contribution in [0.3, 0.4) is 0 Å². The molecular formula is C26H56N2O8. The second-order valence-electron chi connectivity index (χ2n) is 7.92. The number of carbonyl (C=O) groups is 3. The molecule has 0 aliphatic carbocycles. The van der Waals surface area contributed by atoms with Crippen LogP contribution in [0.5, 0.6) is 0 Å². The number of carboxylic acids is 2. The Balaban J connectivity index is -0.000000244. The van der Waals surface area contributed by atoms with Crippen molar-refractivity contribution in [2.75, 3.05) is 13.2 Å². The maximum Gasteiger partial charge on any atom is 0.303 e. The van der Waals surface area contributed by atoms with Crippen LogP contribution in [0.15, 0.2) is 0 Å². The van der Waals surface area contributed by atoms with Crippen molar-refractivity contribution < 1.29 is 39.4 Å². The predicted molar refractivity (Wildman–Crippen MR) is 143 cm³/mol. The van der Waals surface area contributed by atoms with Crippen molar-refractivity contribution in [1.29, 1.82) is 0 Å². The zero-order valence-electron chi connectivity index (χ0n) is 23.8. The maximum absolute atomic E-state index is 11.5. The Morgan fingerprint density at radius 2 is 1.08 bits per heavy atom. The van der Waals surface area contributed by atoms with Gasteiger partial charge in [-0.3, -0.25) is 14.4 Å². The molecule has 0 fully saturated rings. The maximum atomic E-state index is 11.5. The number of hydrogen-bond donors (Lipinski definition) is 4. The minimum atomic E-state index is -0.745. The van der Waals surface area contributed by atoms with Gasteiger partial charge in [-0.25, -0.2) is 9.78 Å². The van der Waals surface area contributed by atoms with Gasteiger partial charge in [0.15, 0.2) is 0 Å². The molecule has 10 heteroatoms. The minimum Gasteiger partial charge on any atom is -0.481 e. The van der Waals surface area contributed by atoms with E-state index in [9.17, 15) is 14.4 Å². The molecule has 0 aromatic carbocycles. The van der Waals surface area contributed by atoms with Crippen molar-refractivity contribution in [2.24, 2.45) is 5.73 Å². The standard InChI is InChI=1S/C16H34N2O.C4H10O3.2C3H6O2/c1-3-5-6-7-8-9-10-11-12-14-16(19)18-15(17)13-4-2;1-3-5-7-6-4-2;2*1-2-3(4)5/h15H,3-14,17H2,1-2H3,(H,18,19);3-4H2,1-2H3;2*2H2,1H3,(H,4,5). The molecule has 10 nitrogen and oxygen atoms in total. The third kappa shape index (κ3) is 53.6.